The summed E-state index contributed by atoms with van der Waals surface area (Å²) in [5.41, 5.74) is 8.07. The van der Waals surface area contributed by atoms with Gasteiger partial charge in [-0.05, 0) is 57.1 Å². The highest BCUT2D eigenvalue weighted by Crippen LogP contribution is 2.33. The molecule has 3 rings (SSSR count). The molecule has 0 aromatic carbocycles. The summed E-state index contributed by atoms with van der Waals surface area (Å²) in [6.45, 7) is 3.67. The van der Waals surface area contributed by atoms with Crippen LogP contribution in [-0.2, 0) is 12.8 Å². The summed E-state index contributed by atoms with van der Waals surface area (Å²) in [4.78, 5) is 16.2. The lowest BCUT2D eigenvalue weighted by Crippen LogP contribution is -2.34. The largest absolute Gasteiger partial charge is 0.336 e. The predicted octanol–water partition coefficient (Wildman–Crippen LogP) is 2.44. The Morgan fingerprint density at radius 3 is 3.00 bits per heavy atom. The summed E-state index contributed by atoms with van der Waals surface area (Å²) in [6.07, 6.45) is 5.80. The second-order valence-electron chi connectivity index (χ2n) is 5.90. The van der Waals surface area contributed by atoms with Crippen LogP contribution in [0, 0.1) is 5.92 Å². The van der Waals surface area contributed by atoms with E-state index >= 15 is 0 Å². The van der Waals surface area contributed by atoms with E-state index in [0.29, 0.717) is 18.5 Å². The molecule has 2 aliphatic rings. The van der Waals surface area contributed by atoms with Gasteiger partial charge in [-0.2, -0.15) is 0 Å². The molecule has 104 valence electrons. The Morgan fingerprint density at radius 2 is 2.26 bits per heavy atom. The number of nitrogens with zero attached hydrogens (tertiary/aromatic N) is 1. The van der Waals surface area contributed by atoms with E-state index in [4.69, 9.17) is 5.73 Å². The van der Waals surface area contributed by atoms with Gasteiger partial charge in [0, 0.05) is 22.8 Å². The molecule has 1 aromatic heterocycles. The van der Waals surface area contributed by atoms with Gasteiger partial charge in [0.2, 0.25) is 0 Å². The average molecular weight is 278 g/mol. The zero-order valence-electron chi connectivity index (χ0n) is 11.5. The molecule has 4 heteroatoms. The number of carbonyl (C=O) groups is 1. The van der Waals surface area contributed by atoms with E-state index in [1.165, 1.54) is 23.3 Å². The number of fused-ring (bicyclic) bond motifs is 1. The molecule has 1 saturated heterocycles. The molecular weight excluding hydrogens is 256 g/mol. The number of likely N-dealkylation sites (tertiary alicyclic amines) is 1. The number of carbonyl (C=O) groups excluding carboxylic acids is 1. The van der Waals surface area contributed by atoms with Crippen LogP contribution in [0.3, 0.4) is 0 Å². The van der Waals surface area contributed by atoms with Crippen LogP contribution in [0.4, 0.5) is 0 Å². The highest BCUT2D eigenvalue weighted by molar-refractivity contribution is 7.10. The average Bonchev–Trinajstić information content (AvgIpc) is 3.01. The normalized spacial score (nSPS) is 26.5. The molecule has 2 atom stereocenters. The number of aryl methyl sites for hydroxylation is 1. The van der Waals surface area contributed by atoms with Gasteiger partial charge in [-0.15, -0.1) is 11.3 Å². The molecule has 2 unspecified atom stereocenters. The Bertz CT molecular complexity index is 482. The first-order valence-corrected chi connectivity index (χ1v) is 8.19. The Morgan fingerprint density at radius 1 is 1.47 bits per heavy atom. The minimum atomic E-state index is 0.239. The molecule has 0 radical (unpaired) electrons. The van der Waals surface area contributed by atoms with Gasteiger partial charge in [0.15, 0.2) is 0 Å². The SMILES string of the molecule is CC1CC(CN)CN1C(=O)c1csc2c1CCCC2. The summed E-state index contributed by atoms with van der Waals surface area (Å²) in [7, 11) is 0. The number of hydrogen-bond acceptors (Lipinski definition) is 3. The van der Waals surface area contributed by atoms with Crippen LogP contribution >= 0.6 is 11.3 Å². The monoisotopic (exact) mass is 278 g/mol. The van der Waals surface area contributed by atoms with Crippen LogP contribution in [0.2, 0.25) is 0 Å². The maximum absolute atomic E-state index is 12.7. The minimum Gasteiger partial charge on any atom is -0.336 e. The maximum Gasteiger partial charge on any atom is 0.255 e. The zero-order chi connectivity index (χ0) is 13.4. The van der Waals surface area contributed by atoms with Crippen LogP contribution in [0.1, 0.15) is 47.0 Å². The van der Waals surface area contributed by atoms with Gasteiger partial charge in [-0.1, -0.05) is 0 Å². The number of nitrogens with two attached hydrogens (primary N) is 1. The van der Waals surface area contributed by atoms with Gasteiger partial charge in [-0.3, -0.25) is 4.79 Å². The van der Waals surface area contributed by atoms with E-state index < -0.39 is 0 Å². The van der Waals surface area contributed by atoms with E-state index in [-0.39, 0.29) is 5.91 Å². The summed E-state index contributed by atoms with van der Waals surface area (Å²) in [5.74, 6) is 0.719. The molecular formula is C15H22N2OS. The number of amides is 1. The van der Waals surface area contributed by atoms with Crippen molar-refractivity contribution in [2.45, 2.75) is 45.1 Å². The van der Waals surface area contributed by atoms with Crippen LogP contribution in [0.25, 0.3) is 0 Å². The van der Waals surface area contributed by atoms with E-state index in [2.05, 4.69) is 12.3 Å². The molecule has 0 saturated carbocycles. The highest BCUT2D eigenvalue weighted by Gasteiger charge is 2.33. The molecule has 0 bridgehead atoms. The third kappa shape index (κ3) is 2.32. The van der Waals surface area contributed by atoms with Gasteiger partial charge in [-0.25, -0.2) is 0 Å². The van der Waals surface area contributed by atoms with Crippen LogP contribution < -0.4 is 5.73 Å². The fourth-order valence-corrected chi connectivity index (χ4v) is 4.54. The molecule has 19 heavy (non-hydrogen) atoms. The lowest BCUT2D eigenvalue weighted by atomic mass is 9.95. The van der Waals surface area contributed by atoms with E-state index in [9.17, 15) is 4.79 Å². The Balaban J connectivity index is 1.82. The van der Waals surface area contributed by atoms with Crippen molar-refractivity contribution in [2.24, 2.45) is 11.7 Å². The summed E-state index contributed by atoms with van der Waals surface area (Å²) in [6, 6.07) is 0.334. The molecule has 2 N–H and O–H groups in total. The third-order valence-corrected chi connectivity index (χ3v) is 5.64. The topological polar surface area (TPSA) is 46.3 Å². The van der Waals surface area contributed by atoms with Crippen molar-refractivity contribution in [1.29, 1.82) is 0 Å². The first-order valence-electron chi connectivity index (χ1n) is 7.31. The van der Waals surface area contributed by atoms with Crippen molar-refractivity contribution in [3.63, 3.8) is 0 Å². The van der Waals surface area contributed by atoms with Gasteiger partial charge in [0.1, 0.15) is 0 Å². The lowest BCUT2D eigenvalue weighted by molar-refractivity contribution is 0.0742. The van der Waals surface area contributed by atoms with Crippen LogP contribution in [0.15, 0.2) is 5.38 Å². The molecule has 1 fully saturated rings. The predicted molar refractivity (Wildman–Crippen MR) is 78.6 cm³/mol. The fraction of sp³-hybridized carbons (Fsp3) is 0.667. The Hall–Kier alpha value is -0.870. The quantitative estimate of drug-likeness (QED) is 0.903. The highest BCUT2D eigenvalue weighted by atomic mass is 32.1. The number of hydrogen-bond donors (Lipinski definition) is 1. The van der Waals surface area contributed by atoms with Crippen molar-refractivity contribution in [3.8, 4) is 0 Å². The van der Waals surface area contributed by atoms with Crippen molar-refractivity contribution in [1.82, 2.24) is 4.90 Å². The third-order valence-electron chi connectivity index (χ3n) is 4.55. The van der Waals surface area contributed by atoms with Crippen LogP contribution in [-0.4, -0.2) is 29.9 Å². The van der Waals surface area contributed by atoms with Gasteiger partial charge in [0.05, 0.1) is 5.56 Å². The fourth-order valence-electron chi connectivity index (χ4n) is 3.42. The van der Waals surface area contributed by atoms with Crippen molar-refractivity contribution in [2.75, 3.05) is 13.1 Å². The molecule has 1 aliphatic heterocycles. The number of rotatable bonds is 2. The van der Waals surface area contributed by atoms with E-state index in [1.807, 2.05) is 4.90 Å². The Labute approximate surface area is 118 Å². The molecule has 1 aromatic rings. The van der Waals surface area contributed by atoms with E-state index in [0.717, 1.165) is 31.4 Å². The summed E-state index contributed by atoms with van der Waals surface area (Å²) < 4.78 is 0. The second kappa shape index (κ2) is 5.25. The molecule has 1 aliphatic carbocycles. The first kappa shape index (κ1) is 13.1. The molecule has 2 heterocycles. The smallest absolute Gasteiger partial charge is 0.255 e. The van der Waals surface area contributed by atoms with Gasteiger partial charge < -0.3 is 10.6 Å². The van der Waals surface area contributed by atoms with Crippen molar-refractivity contribution < 1.29 is 4.79 Å². The van der Waals surface area contributed by atoms with Crippen LogP contribution in [0.5, 0.6) is 0 Å². The molecule has 1 amide bonds. The zero-order valence-corrected chi connectivity index (χ0v) is 12.3. The lowest BCUT2D eigenvalue weighted by Gasteiger charge is -2.22. The summed E-state index contributed by atoms with van der Waals surface area (Å²) in [5, 5.41) is 2.08. The maximum atomic E-state index is 12.7. The second-order valence-corrected chi connectivity index (χ2v) is 6.87. The Kier molecular flexibility index (Phi) is 3.63. The van der Waals surface area contributed by atoms with Gasteiger partial charge in [0.25, 0.3) is 5.91 Å². The molecule has 3 nitrogen and oxygen atoms in total. The van der Waals surface area contributed by atoms with Crippen molar-refractivity contribution in [3.05, 3.63) is 21.4 Å². The standard InChI is InChI=1S/C15H22N2OS/c1-10-6-11(7-16)8-17(10)15(18)13-9-19-14-5-3-2-4-12(13)14/h9-11H,2-8,16H2,1H3. The summed E-state index contributed by atoms with van der Waals surface area (Å²) >= 11 is 1.77. The minimum absolute atomic E-state index is 0.239. The number of thiophene rings is 1. The molecule has 0 spiro atoms. The first-order chi connectivity index (χ1) is 9.20. The van der Waals surface area contributed by atoms with E-state index in [1.54, 1.807) is 11.3 Å². The van der Waals surface area contributed by atoms with Crippen molar-refractivity contribution >= 4 is 17.2 Å². The van der Waals surface area contributed by atoms with Gasteiger partial charge >= 0.3 is 0 Å².